The maximum Gasteiger partial charge on any atom is 0.414 e. The van der Waals surface area contributed by atoms with Gasteiger partial charge in [0.05, 0.1) is 0 Å². The molecular formula is C10H17F3N2O4. The summed E-state index contributed by atoms with van der Waals surface area (Å²) in [4.78, 5) is 26.6. The molecule has 0 aliphatic heterocycles. The van der Waals surface area contributed by atoms with E-state index >= 15 is 0 Å². The number of halogens is 3. The lowest BCUT2D eigenvalue weighted by atomic mass is 10.2. The second-order valence-electron chi connectivity index (χ2n) is 4.64. The summed E-state index contributed by atoms with van der Waals surface area (Å²) < 4.78 is 40.3. The Bertz CT molecular complexity index is 326. The molecule has 0 fully saturated rings. The normalized spacial score (nSPS) is 11.9. The van der Waals surface area contributed by atoms with E-state index in [-0.39, 0.29) is 0 Å². The van der Waals surface area contributed by atoms with Crippen LogP contribution in [0.4, 0.5) is 18.0 Å². The lowest BCUT2D eigenvalue weighted by Gasteiger charge is -2.21. The van der Waals surface area contributed by atoms with Crippen LogP contribution in [0.15, 0.2) is 0 Å². The molecule has 0 heterocycles. The molecule has 0 rings (SSSR count). The first-order valence-electron chi connectivity index (χ1n) is 5.34. The smallest absolute Gasteiger partial charge is 0.414 e. The Labute approximate surface area is 108 Å². The summed E-state index contributed by atoms with van der Waals surface area (Å²) >= 11 is 0. The first kappa shape index (κ1) is 17.5. The number of hydroxylamine groups is 2. The lowest BCUT2D eigenvalue weighted by molar-refractivity contribution is -0.239. The summed E-state index contributed by atoms with van der Waals surface area (Å²) in [5.74, 6) is -0.838. The van der Waals surface area contributed by atoms with Crippen LogP contribution in [0.1, 0.15) is 20.8 Å². The van der Waals surface area contributed by atoms with Crippen LogP contribution in [-0.2, 0) is 14.4 Å². The van der Waals surface area contributed by atoms with Crippen molar-refractivity contribution in [3.05, 3.63) is 0 Å². The molecule has 0 aliphatic carbocycles. The van der Waals surface area contributed by atoms with E-state index in [0.717, 1.165) is 7.05 Å². The Balaban J connectivity index is 4.01. The van der Waals surface area contributed by atoms with Crippen LogP contribution < -0.4 is 5.32 Å². The molecule has 112 valence electrons. The van der Waals surface area contributed by atoms with E-state index in [2.05, 4.69) is 10.2 Å². The number of ether oxygens (including phenoxy) is 1. The van der Waals surface area contributed by atoms with E-state index in [0.29, 0.717) is 5.06 Å². The Hall–Kier alpha value is -1.51. The predicted octanol–water partition coefficient (Wildman–Crippen LogP) is 1.46. The zero-order chi connectivity index (χ0) is 15.3. The molecule has 0 saturated heterocycles. The molecule has 0 aromatic heterocycles. The number of nitrogens with one attached hydrogen (secondary N) is 1. The number of hydrogen-bond donors (Lipinski definition) is 1. The number of alkyl halides is 3. The number of rotatable bonds is 4. The van der Waals surface area contributed by atoms with Gasteiger partial charge in [-0.2, -0.15) is 13.2 Å². The highest BCUT2D eigenvalue weighted by Crippen LogP contribution is 2.14. The highest BCUT2D eigenvalue weighted by Gasteiger charge is 2.29. The molecule has 0 aromatic carbocycles. The van der Waals surface area contributed by atoms with E-state index < -0.39 is 36.9 Å². The molecule has 0 spiro atoms. The zero-order valence-corrected chi connectivity index (χ0v) is 11.1. The lowest BCUT2D eigenvalue weighted by Crippen LogP contribution is -2.41. The first-order chi connectivity index (χ1) is 8.41. The first-order valence-corrected chi connectivity index (χ1v) is 5.34. The zero-order valence-electron chi connectivity index (χ0n) is 11.1. The molecule has 0 aromatic rings. The summed E-state index contributed by atoms with van der Waals surface area (Å²) in [5.41, 5.74) is -0.730. The minimum Gasteiger partial charge on any atom is -0.444 e. The molecule has 19 heavy (non-hydrogen) atoms. The molecule has 0 aliphatic rings. The quantitative estimate of drug-likeness (QED) is 0.795. The summed E-state index contributed by atoms with van der Waals surface area (Å²) in [6.07, 6.45) is -5.38. The average molecular weight is 286 g/mol. The third kappa shape index (κ3) is 10.1. The van der Waals surface area contributed by atoms with Gasteiger partial charge >= 0.3 is 12.3 Å². The summed E-state index contributed by atoms with van der Waals surface area (Å²) in [7, 11) is 1.02. The van der Waals surface area contributed by atoms with Gasteiger partial charge < -0.3 is 10.1 Å². The van der Waals surface area contributed by atoms with Gasteiger partial charge in [0.1, 0.15) is 12.1 Å². The fourth-order valence-electron chi connectivity index (χ4n) is 0.815. The third-order valence-electron chi connectivity index (χ3n) is 1.56. The molecule has 1 N–H and O–H groups in total. The van der Waals surface area contributed by atoms with Crippen molar-refractivity contribution in [3.8, 4) is 0 Å². The highest BCUT2D eigenvalue weighted by molar-refractivity contribution is 5.81. The molecule has 0 radical (unpaired) electrons. The monoisotopic (exact) mass is 286 g/mol. The molecule has 2 amide bonds. The van der Waals surface area contributed by atoms with Crippen LogP contribution in [-0.4, -0.2) is 49.0 Å². The Kier molecular flexibility index (Phi) is 6.07. The van der Waals surface area contributed by atoms with Crippen molar-refractivity contribution < 1.29 is 32.3 Å². The summed E-state index contributed by atoms with van der Waals surface area (Å²) in [5, 5.41) is 2.51. The van der Waals surface area contributed by atoms with Crippen molar-refractivity contribution in [2.45, 2.75) is 32.5 Å². The molecule has 6 nitrogen and oxygen atoms in total. The SMILES string of the molecule is CN(OCC(F)(F)F)C(=O)CNC(=O)OC(C)(C)C. The predicted molar refractivity (Wildman–Crippen MR) is 59.0 cm³/mol. The van der Waals surface area contributed by atoms with Crippen molar-refractivity contribution in [2.24, 2.45) is 0 Å². The molecule has 9 heteroatoms. The van der Waals surface area contributed by atoms with Gasteiger partial charge in [-0.1, -0.05) is 0 Å². The number of amides is 2. The Morgan fingerprint density at radius 2 is 1.74 bits per heavy atom. The van der Waals surface area contributed by atoms with Gasteiger partial charge in [0.2, 0.25) is 0 Å². The van der Waals surface area contributed by atoms with Gasteiger partial charge in [0, 0.05) is 7.05 Å². The fraction of sp³-hybridized carbons (Fsp3) is 0.800. The summed E-state index contributed by atoms with van der Waals surface area (Å²) in [6.45, 7) is 2.79. The van der Waals surface area contributed by atoms with Crippen LogP contribution in [0.2, 0.25) is 0 Å². The van der Waals surface area contributed by atoms with Gasteiger partial charge in [-0.15, -0.1) is 0 Å². The molecule has 0 unspecified atom stereocenters. The van der Waals surface area contributed by atoms with Crippen molar-refractivity contribution in [2.75, 3.05) is 20.2 Å². The van der Waals surface area contributed by atoms with Crippen LogP contribution in [0.25, 0.3) is 0 Å². The molecule has 0 bridgehead atoms. The minimum atomic E-state index is -4.53. The minimum absolute atomic E-state index is 0.408. The number of hydrogen-bond acceptors (Lipinski definition) is 4. The van der Waals surface area contributed by atoms with Crippen LogP contribution in [0.5, 0.6) is 0 Å². The van der Waals surface area contributed by atoms with Crippen molar-refractivity contribution in [3.63, 3.8) is 0 Å². The fourth-order valence-corrected chi connectivity index (χ4v) is 0.815. The third-order valence-corrected chi connectivity index (χ3v) is 1.56. The van der Waals surface area contributed by atoms with Gasteiger partial charge in [-0.25, -0.2) is 9.86 Å². The van der Waals surface area contributed by atoms with E-state index in [9.17, 15) is 22.8 Å². The summed E-state index contributed by atoms with van der Waals surface area (Å²) in [6, 6.07) is 0. The number of carbonyl (C=O) groups is 2. The van der Waals surface area contributed by atoms with Crippen molar-refractivity contribution >= 4 is 12.0 Å². The molecule has 0 atom stereocenters. The van der Waals surface area contributed by atoms with Gasteiger partial charge in [0.15, 0.2) is 6.61 Å². The van der Waals surface area contributed by atoms with E-state index in [1.54, 1.807) is 20.8 Å². The average Bonchev–Trinajstić information content (AvgIpc) is 2.19. The Morgan fingerprint density at radius 3 is 2.16 bits per heavy atom. The number of nitrogens with zero attached hydrogens (tertiary/aromatic N) is 1. The largest absolute Gasteiger partial charge is 0.444 e. The van der Waals surface area contributed by atoms with E-state index in [4.69, 9.17) is 4.74 Å². The van der Waals surface area contributed by atoms with E-state index in [1.165, 1.54) is 0 Å². The number of likely N-dealkylation sites (N-methyl/N-ethyl adjacent to an activating group) is 1. The highest BCUT2D eigenvalue weighted by atomic mass is 19.4. The standard InChI is InChI=1S/C10H17F3N2O4/c1-9(2,3)19-8(17)14-5-7(16)15(4)18-6-10(11,12)13/h5-6H2,1-4H3,(H,14,17). The van der Waals surface area contributed by atoms with Crippen LogP contribution in [0, 0.1) is 0 Å². The maximum absolute atomic E-state index is 11.8. The van der Waals surface area contributed by atoms with Crippen molar-refractivity contribution in [1.82, 2.24) is 10.4 Å². The second-order valence-corrected chi connectivity index (χ2v) is 4.64. The topological polar surface area (TPSA) is 67.9 Å². The maximum atomic E-state index is 11.8. The number of carbonyl (C=O) groups excluding carboxylic acids is 2. The molecule has 0 saturated carbocycles. The van der Waals surface area contributed by atoms with E-state index in [1.807, 2.05) is 0 Å². The number of alkyl carbamates (subject to hydrolysis) is 1. The van der Waals surface area contributed by atoms with Gasteiger partial charge in [0.25, 0.3) is 5.91 Å². The van der Waals surface area contributed by atoms with Crippen LogP contribution in [0.3, 0.4) is 0 Å². The van der Waals surface area contributed by atoms with Crippen molar-refractivity contribution in [1.29, 1.82) is 0 Å². The van der Waals surface area contributed by atoms with Crippen LogP contribution >= 0.6 is 0 Å². The molecular weight excluding hydrogens is 269 g/mol. The van der Waals surface area contributed by atoms with Gasteiger partial charge in [-0.3, -0.25) is 9.63 Å². The Morgan fingerprint density at radius 1 is 1.21 bits per heavy atom. The second kappa shape index (κ2) is 6.60. The van der Waals surface area contributed by atoms with Gasteiger partial charge in [-0.05, 0) is 20.8 Å².